The van der Waals surface area contributed by atoms with Gasteiger partial charge in [-0.25, -0.2) is 0 Å². The van der Waals surface area contributed by atoms with Crippen molar-refractivity contribution in [2.75, 3.05) is 33.4 Å². The molecule has 1 rings (SSSR count). The predicted octanol–water partition coefficient (Wildman–Crippen LogP) is 1.24. The van der Waals surface area contributed by atoms with Crippen LogP contribution in [0.4, 0.5) is 0 Å². The molecule has 1 saturated heterocycles. The third-order valence-electron chi connectivity index (χ3n) is 5.80. The van der Waals surface area contributed by atoms with Crippen molar-refractivity contribution in [1.29, 1.82) is 0 Å². The van der Waals surface area contributed by atoms with Crippen molar-refractivity contribution in [2.45, 2.75) is 90.5 Å². The number of nitrogens with one attached hydrogen (secondary N) is 1. The lowest BCUT2D eigenvalue weighted by molar-refractivity contribution is -0.971. The van der Waals surface area contributed by atoms with Gasteiger partial charge in [0.2, 0.25) is 6.73 Å². The van der Waals surface area contributed by atoms with Crippen LogP contribution >= 0.6 is 0 Å². The maximum atomic E-state index is 12.0. The van der Waals surface area contributed by atoms with Gasteiger partial charge < -0.3 is 34.0 Å². The summed E-state index contributed by atoms with van der Waals surface area (Å²) in [6, 6.07) is 0. The number of carbonyl (C=O) groups is 1. The summed E-state index contributed by atoms with van der Waals surface area (Å²) in [6.07, 6.45) is 12.1. The van der Waals surface area contributed by atoms with Crippen molar-refractivity contribution in [1.82, 2.24) is 5.32 Å². The normalized spacial score (nSPS) is 22.2. The Balaban J connectivity index is 0.00000576. The third kappa shape index (κ3) is 9.57. The summed E-state index contributed by atoms with van der Waals surface area (Å²) in [6.45, 7) is 10.2. The number of hydrogen-bond acceptors (Lipinski definition) is 3. The van der Waals surface area contributed by atoms with Crippen LogP contribution < -0.4 is 29.3 Å². The molecule has 0 aromatic heterocycles. The first-order chi connectivity index (χ1) is 11.4. The number of piperazine rings is 1. The zero-order valence-electron chi connectivity index (χ0n) is 17.0. The molecule has 1 heterocycles. The van der Waals surface area contributed by atoms with Gasteiger partial charge in [0.15, 0.2) is 0 Å². The van der Waals surface area contributed by atoms with Crippen LogP contribution in [0.2, 0.25) is 0 Å². The van der Waals surface area contributed by atoms with Crippen molar-refractivity contribution >= 4 is 5.97 Å². The fourth-order valence-corrected chi connectivity index (χ4v) is 3.32. The Morgan fingerprint density at radius 2 is 1.60 bits per heavy atom. The summed E-state index contributed by atoms with van der Waals surface area (Å²) >= 11 is 0. The fourth-order valence-electron chi connectivity index (χ4n) is 3.32. The number of nitrogens with zero attached hydrogens (tertiary/aromatic N) is 1. The number of rotatable bonds is 12. The van der Waals surface area contributed by atoms with Gasteiger partial charge in [-0.2, -0.15) is 0 Å². The van der Waals surface area contributed by atoms with Crippen molar-refractivity contribution < 1.29 is 38.0 Å². The molecule has 1 N–H and O–H groups in total. The molecule has 0 aromatic carbocycles. The predicted molar refractivity (Wildman–Crippen MR) is 101 cm³/mol. The average Bonchev–Trinajstić information content (AvgIpc) is 2.54. The van der Waals surface area contributed by atoms with Gasteiger partial charge in [0.25, 0.3) is 0 Å². The third-order valence-corrected chi connectivity index (χ3v) is 5.80. The molecule has 1 fully saturated rings. The number of unbranched alkanes of at least 4 members (excludes halogenated alkanes) is 8. The molecule has 1 aliphatic heterocycles. The molecule has 0 spiro atoms. The van der Waals surface area contributed by atoms with Gasteiger partial charge in [-0.1, -0.05) is 58.3 Å². The van der Waals surface area contributed by atoms with Crippen LogP contribution in [-0.4, -0.2) is 49.4 Å². The molecule has 25 heavy (non-hydrogen) atoms. The van der Waals surface area contributed by atoms with E-state index in [1.54, 1.807) is 0 Å². The Morgan fingerprint density at radius 1 is 1.04 bits per heavy atom. The van der Waals surface area contributed by atoms with Crippen LogP contribution in [0.15, 0.2) is 0 Å². The van der Waals surface area contributed by atoms with Crippen LogP contribution in [0, 0.1) is 0 Å². The van der Waals surface area contributed by atoms with Crippen molar-refractivity contribution in [2.24, 2.45) is 0 Å². The first-order valence-corrected chi connectivity index (χ1v) is 10.1. The molecule has 5 heteroatoms. The Bertz CT molecular complexity index is 364. The quantitative estimate of drug-likeness (QED) is 0.203. The summed E-state index contributed by atoms with van der Waals surface area (Å²) < 4.78 is 6.41. The molecule has 0 aliphatic carbocycles. The van der Waals surface area contributed by atoms with Crippen molar-refractivity contribution in [3.05, 3.63) is 0 Å². The highest BCUT2D eigenvalue weighted by Gasteiger charge is 2.43. The van der Waals surface area contributed by atoms with E-state index in [0.717, 1.165) is 37.0 Å². The largest absolute Gasteiger partial charge is 1.00 e. The number of carbonyl (C=O) groups excluding carboxylic acids is 1. The number of likely N-dealkylation sites (N-methyl/N-ethyl adjacent to an activating group) is 1. The number of ether oxygens (including phenoxy) is 1. The lowest BCUT2D eigenvalue weighted by atomic mass is 9.98. The van der Waals surface area contributed by atoms with E-state index in [1.807, 2.05) is 0 Å². The smallest absolute Gasteiger partial charge is 0.310 e. The zero-order chi connectivity index (χ0) is 17.9. The lowest BCUT2D eigenvalue weighted by Crippen LogP contribution is -3.00. The maximum Gasteiger partial charge on any atom is 0.310 e. The standard InChI is InChI=1S/C20H41N2O2.HI/c1-5-6-7-8-9-10-11-12-13-14-19(23)24-18-22(4)16-15-21-17-20(22,2)3;/h21H,5-18H2,1-4H3;1H/q+1;/p-1. The summed E-state index contributed by atoms with van der Waals surface area (Å²) in [5.74, 6) is -0.0216. The number of esters is 1. The van der Waals surface area contributed by atoms with Crippen LogP contribution in [0.25, 0.3) is 0 Å². The fraction of sp³-hybridized carbons (Fsp3) is 0.950. The summed E-state index contributed by atoms with van der Waals surface area (Å²) in [4.78, 5) is 12.0. The second kappa shape index (κ2) is 13.3. The Hall–Kier alpha value is 0.120. The zero-order valence-corrected chi connectivity index (χ0v) is 19.2. The van der Waals surface area contributed by atoms with Gasteiger partial charge in [-0.15, -0.1) is 0 Å². The van der Waals surface area contributed by atoms with E-state index in [-0.39, 0.29) is 35.5 Å². The molecular weight excluding hydrogens is 427 g/mol. The van der Waals surface area contributed by atoms with Crippen LogP contribution in [-0.2, 0) is 9.53 Å². The second-order valence-electron chi connectivity index (χ2n) is 8.33. The Labute approximate surface area is 173 Å². The first kappa shape index (κ1) is 25.1. The minimum atomic E-state index is -0.0216. The van der Waals surface area contributed by atoms with Crippen LogP contribution in [0.3, 0.4) is 0 Å². The van der Waals surface area contributed by atoms with E-state index in [2.05, 4.69) is 33.1 Å². The van der Waals surface area contributed by atoms with Crippen LogP contribution in [0.5, 0.6) is 0 Å². The topological polar surface area (TPSA) is 38.3 Å². The van der Waals surface area contributed by atoms with Gasteiger partial charge in [0.05, 0.1) is 20.1 Å². The summed E-state index contributed by atoms with van der Waals surface area (Å²) in [7, 11) is 2.20. The number of quaternary nitrogens is 1. The molecular formula is C20H41IN2O2. The van der Waals surface area contributed by atoms with Crippen molar-refractivity contribution in [3.8, 4) is 0 Å². The number of hydrogen-bond donors (Lipinski definition) is 1. The highest BCUT2D eigenvalue weighted by atomic mass is 127. The molecule has 0 radical (unpaired) electrons. The van der Waals surface area contributed by atoms with Gasteiger partial charge in [0, 0.05) is 13.0 Å². The molecule has 0 aromatic rings. The monoisotopic (exact) mass is 468 g/mol. The minimum Gasteiger partial charge on any atom is -1.00 e. The van der Waals surface area contributed by atoms with Crippen LogP contribution in [0.1, 0.15) is 85.0 Å². The maximum absolute atomic E-state index is 12.0. The van der Waals surface area contributed by atoms with E-state index < -0.39 is 0 Å². The van der Waals surface area contributed by atoms with Gasteiger partial charge in [-0.3, -0.25) is 9.28 Å². The van der Waals surface area contributed by atoms with E-state index in [9.17, 15) is 4.79 Å². The molecule has 0 bridgehead atoms. The Morgan fingerprint density at radius 3 is 2.16 bits per heavy atom. The lowest BCUT2D eigenvalue weighted by Gasteiger charge is -2.49. The minimum absolute atomic E-state index is 0. The molecule has 150 valence electrons. The number of halogens is 1. The first-order valence-electron chi connectivity index (χ1n) is 10.1. The van der Waals surface area contributed by atoms with Crippen molar-refractivity contribution in [3.63, 3.8) is 0 Å². The molecule has 4 nitrogen and oxygen atoms in total. The molecule has 0 saturated carbocycles. The average molecular weight is 468 g/mol. The SMILES string of the molecule is CCCCCCCCCCCC(=O)OC[N+]1(C)CCNCC1(C)C.[I-]. The van der Waals surface area contributed by atoms with Gasteiger partial charge in [0.1, 0.15) is 5.54 Å². The second-order valence-corrected chi connectivity index (χ2v) is 8.33. The molecule has 1 aliphatic rings. The van der Waals surface area contributed by atoms with E-state index in [4.69, 9.17) is 4.74 Å². The molecule has 0 amide bonds. The summed E-state index contributed by atoms with van der Waals surface area (Å²) in [5.41, 5.74) is 0.107. The van der Waals surface area contributed by atoms with E-state index in [0.29, 0.717) is 13.2 Å². The summed E-state index contributed by atoms with van der Waals surface area (Å²) in [5, 5.41) is 3.43. The highest BCUT2D eigenvalue weighted by molar-refractivity contribution is 5.69. The Kier molecular flexibility index (Phi) is 13.4. The van der Waals surface area contributed by atoms with E-state index >= 15 is 0 Å². The van der Waals surface area contributed by atoms with E-state index in [1.165, 1.54) is 44.9 Å². The highest BCUT2D eigenvalue weighted by Crippen LogP contribution is 2.24. The van der Waals surface area contributed by atoms with Gasteiger partial charge >= 0.3 is 5.97 Å². The van der Waals surface area contributed by atoms with Gasteiger partial charge in [-0.05, 0) is 20.3 Å². The molecule has 1 unspecified atom stereocenters. The molecule has 1 atom stereocenters.